The van der Waals surface area contributed by atoms with Crippen LogP contribution in [-0.2, 0) is 0 Å². The van der Waals surface area contributed by atoms with Gasteiger partial charge in [0.2, 0.25) is 0 Å². The number of nitrogens with one attached hydrogen (secondary N) is 2. The molecule has 5 nitrogen and oxygen atoms in total. The fourth-order valence-electron chi connectivity index (χ4n) is 1.45. The molecule has 1 aromatic carbocycles. The summed E-state index contributed by atoms with van der Waals surface area (Å²) in [7, 11) is 0. The normalized spacial score (nSPS) is 11.9. The van der Waals surface area contributed by atoms with E-state index in [0.717, 1.165) is 0 Å². The lowest BCUT2D eigenvalue weighted by Crippen LogP contribution is -2.26. The van der Waals surface area contributed by atoms with Crippen LogP contribution in [-0.4, -0.2) is 30.2 Å². The zero-order valence-electron chi connectivity index (χ0n) is 10.2. The number of hydrogen-bond acceptors (Lipinski definition) is 4. The predicted molar refractivity (Wildman–Crippen MR) is 69.0 cm³/mol. The molecule has 0 heterocycles. The Bertz CT molecular complexity index is 393. The van der Waals surface area contributed by atoms with Crippen molar-refractivity contribution in [2.45, 2.75) is 19.9 Å². The van der Waals surface area contributed by atoms with E-state index in [1.54, 1.807) is 18.2 Å². The van der Waals surface area contributed by atoms with Crippen molar-refractivity contribution >= 4 is 17.3 Å². The first kappa shape index (κ1) is 13.3. The van der Waals surface area contributed by atoms with Gasteiger partial charge >= 0.3 is 0 Å². The summed E-state index contributed by atoms with van der Waals surface area (Å²) < 4.78 is 0. The number of hydrogen-bond donors (Lipinski definition) is 4. The minimum absolute atomic E-state index is 0.0103. The van der Waals surface area contributed by atoms with Gasteiger partial charge in [-0.15, -0.1) is 0 Å². The summed E-state index contributed by atoms with van der Waals surface area (Å²) in [6.45, 7) is 4.24. The number of nitrogens with two attached hydrogens (primary N) is 1. The Morgan fingerprint density at radius 2 is 2.24 bits per heavy atom. The van der Waals surface area contributed by atoms with Gasteiger partial charge in [-0.2, -0.15) is 0 Å². The molecule has 5 N–H and O–H groups in total. The number of carbonyl (C=O) groups is 1. The maximum atomic E-state index is 11.8. The average Bonchev–Trinajstić information content (AvgIpc) is 2.29. The van der Waals surface area contributed by atoms with E-state index < -0.39 is 0 Å². The first-order chi connectivity index (χ1) is 8.08. The molecule has 0 radical (unpaired) electrons. The number of rotatable bonds is 5. The third kappa shape index (κ3) is 3.64. The van der Waals surface area contributed by atoms with Crippen molar-refractivity contribution in [3.05, 3.63) is 23.8 Å². The number of benzene rings is 1. The second-order valence-corrected chi connectivity index (χ2v) is 3.89. The van der Waals surface area contributed by atoms with Gasteiger partial charge in [-0.25, -0.2) is 0 Å². The molecule has 0 spiro atoms. The Labute approximate surface area is 101 Å². The van der Waals surface area contributed by atoms with Crippen LogP contribution in [0.5, 0.6) is 0 Å². The monoisotopic (exact) mass is 237 g/mol. The molecule has 0 saturated carbocycles. The number of anilines is 2. The SMILES string of the molecule is CCNC(=O)c1ccc(N)cc1NC(C)CO. The zero-order valence-corrected chi connectivity index (χ0v) is 10.2. The van der Waals surface area contributed by atoms with Crippen LogP contribution in [0.15, 0.2) is 18.2 Å². The summed E-state index contributed by atoms with van der Waals surface area (Å²) in [5.74, 6) is -0.153. The maximum absolute atomic E-state index is 11.8. The van der Waals surface area contributed by atoms with Crippen LogP contribution in [0.3, 0.4) is 0 Å². The van der Waals surface area contributed by atoms with Crippen molar-refractivity contribution in [2.75, 3.05) is 24.2 Å². The molecular formula is C12H19N3O2. The zero-order chi connectivity index (χ0) is 12.8. The van der Waals surface area contributed by atoms with Crippen LogP contribution in [0.25, 0.3) is 0 Å². The first-order valence-corrected chi connectivity index (χ1v) is 5.63. The van der Waals surface area contributed by atoms with E-state index in [1.807, 2.05) is 13.8 Å². The summed E-state index contributed by atoms with van der Waals surface area (Å²) in [6.07, 6.45) is 0. The Morgan fingerprint density at radius 3 is 2.82 bits per heavy atom. The highest BCUT2D eigenvalue weighted by Gasteiger charge is 2.12. The molecule has 1 unspecified atom stereocenters. The molecule has 17 heavy (non-hydrogen) atoms. The van der Waals surface area contributed by atoms with Crippen LogP contribution in [0.1, 0.15) is 24.2 Å². The average molecular weight is 237 g/mol. The summed E-state index contributed by atoms with van der Waals surface area (Å²) in [5, 5.41) is 14.8. The molecule has 1 atom stereocenters. The van der Waals surface area contributed by atoms with Gasteiger partial charge in [-0.1, -0.05) is 0 Å². The lowest BCUT2D eigenvalue weighted by molar-refractivity contribution is 0.0956. The van der Waals surface area contributed by atoms with E-state index in [-0.39, 0.29) is 18.6 Å². The van der Waals surface area contributed by atoms with Crippen LogP contribution < -0.4 is 16.4 Å². The van der Waals surface area contributed by atoms with Crippen LogP contribution in [0.2, 0.25) is 0 Å². The molecule has 1 rings (SSSR count). The minimum Gasteiger partial charge on any atom is -0.399 e. The molecule has 94 valence electrons. The molecule has 1 aromatic rings. The molecular weight excluding hydrogens is 218 g/mol. The Kier molecular flexibility index (Phi) is 4.78. The van der Waals surface area contributed by atoms with Gasteiger partial charge in [0.1, 0.15) is 0 Å². The molecule has 1 amide bonds. The Morgan fingerprint density at radius 1 is 1.53 bits per heavy atom. The highest BCUT2D eigenvalue weighted by atomic mass is 16.3. The number of aliphatic hydroxyl groups is 1. The van der Waals surface area contributed by atoms with Crippen molar-refractivity contribution in [2.24, 2.45) is 0 Å². The summed E-state index contributed by atoms with van der Waals surface area (Å²) in [5.41, 5.74) is 7.42. The minimum atomic E-state index is -0.153. The van der Waals surface area contributed by atoms with E-state index in [9.17, 15) is 4.79 Å². The van der Waals surface area contributed by atoms with Crippen molar-refractivity contribution < 1.29 is 9.90 Å². The van der Waals surface area contributed by atoms with Gasteiger partial charge in [0.25, 0.3) is 5.91 Å². The molecule has 0 aliphatic heterocycles. The summed E-state index contributed by atoms with van der Waals surface area (Å²) in [4.78, 5) is 11.8. The van der Waals surface area contributed by atoms with E-state index in [2.05, 4.69) is 10.6 Å². The van der Waals surface area contributed by atoms with E-state index in [1.165, 1.54) is 0 Å². The number of aliphatic hydroxyl groups excluding tert-OH is 1. The number of nitrogen functional groups attached to an aromatic ring is 1. The quantitative estimate of drug-likeness (QED) is 0.571. The lowest BCUT2D eigenvalue weighted by Gasteiger charge is -2.16. The molecule has 0 bridgehead atoms. The van der Waals surface area contributed by atoms with Gasteiger partial charge in [0, 0.05) is 24.0 Å². The van der Waals surface area contributed by atoms with Crippen molar-refractivity contribution in [1.82, 2.24) is 5.32 Å². The fraction of sp³-hybridized carbons (Fsp3) is 0.417. The van der Waals surface area contributed by atoms with Crippen LogP contribution in [0.4, 0.5) is 11.4 Å². The van der Waals surface area contributed by atoms with Crippen molar-refractivity contribution in [3.8, 4) is 0 Å². The van der Waals surface area contributed by atoms with E-state index in [4.69, 9.17) is 10.8 Å². The lowest BCUT2D eigenvalue weighted by atomic mass is 10.1. The Hall–Kier alpha value is -1.75. The van der Waals surface area contributed by atoms with Gasteiger partial charge in [-0.3, -0.25) is 4.79 Å². The molecule has 0 aromatic heterocycles. The highest BCUT2D eigenvalue weighted by molar-refractivity contribution is 6.00. The molecule has 5 heteroatoms. The van der Waals surface area contributed by atoms with E-state index in [0.29, 0.717) is 23.5 Å². The summed E-state index contributed by atoms with van der Waals surface area (Å²) >= 11 is 0. The largest absolute Gasteiger partial charge is 0.399 e. The predicted octanol–water partition coefficient (Wildman–Crippen LogP) is 0.811. The second kappa shape index (κ2) is 6.10. The number of carbonyl (C=O) groups excluding carboxylic acids is 1. The van der Waals surface area contributed by atoms with Crippen molar-refractivity contribution in [3.63, 3.8) is 0 Å². The van der Waals surface area contributed by atoms with Crippen LogP contribution in [0, 0.1) is 0 Å². The fourth-order valence-corrected chi connectivity index (χ4v) is 1.45. The first-order valence-electron chi connectivity index (χ1n) is 5.63. The summed E-state index contributed by atoms with van der Waals surface area (Å²) in [6, 6.07) is 4.91. The van der Waals surface area contributed by atoms with Gasteiger partial charge in [-0.05, 0) is 32.0 Å². The van der Waals surface area contributed by atoms with E-state index >= 15 is 0 Å². The van der Waals surface area contributed by atoms with Crippen molar-refractivity contribution in [1.29, 1.82) is 0 Å². The molecule has 0 aliphatic rings. The maximum Gasteiger partial charge on any atom is 0.253 e. The number of amides is 1. The smallest absolute Gasteiger partial charge is 0.253 e. The highest BCUT2D eigenvalue weighted by Crippen LogP contribution is 2.20. The molecule has 0 aliphatic carbocycles. The topological polar surface area (TPSA) is 87.4 Å². The third-order valence-electron chi connectivity index (χ3n) is 2.30. The second-order valence-electron chi connectivity index (χ2n) is 3.89. The van der Waals surface area contributed by atoms with Gasteiger partial charge in [0.05, 0.1) is 12.2 Å². The molecule has 0 fully saturated rings. The van der Waals surface area contributed by atoms with Crippen LogP contribution >= 0.6 is 0 Å². The Balaban J connectivity index is 2.99. The third-order valence-corrected chi connectivity index (χ3v) is 2.30. The molecule has 0 saturated heterocycles. The van der Waals surface area contributed by atoms with Gasteiger partial charge < -0.3 is 21.5 Å². The standard InChI is InChI=1S/C12H19N3O2/c1-3-14-12(17)10-5-4-9(13)6-11(10)15-8(2)7-16/h4-6,8,15-16H,3,7,13H2,1-2H3,(H,14,17). The van der Waals surface area contributed by atoms with Gasteiger partial charge in [0.15, 0.2) is 0 Å².